The second-order valence-electron chi connectivity index (χ2n) is 5.10. The number of fused-ring (bicyclic) bond motifs is 1. The molecular formula is C16H17N3O. The van der Waals surface area contributed by atoms with Gasteiger partial charge < -0.3 is 10.4 Å². The number of anilines is 1. The van der Waals surface area contributed by atoms with E-state index < -0.39 is 0 Å². The molecule has 0 atom stereocenters. The summed E-state index contributed by atoms with van der Waals surface area (Å²) < 4.78 is 0. The summed E-state index contributed by atoms with van der Waals surface area (Å²) in [5.41, 5.74) is 5.07. The van der Waals surface area contributed by atoms with E-state index in [9.17, 15) is 5.11 Å². The minimum Gasteiger partial charge on any atom is -0.507 e. The Labute approximate surface area is 117 Å². The van der Waals surface area contributed by atoms with E-state index in [1.54, 1.807) is 0 Å². The van der Waals surface area contributed by atoms with Crippen molar-refractivity contribution in [2.24, 2.45) is 0 Å². The predicted octanol–water partition coefficient (Wildman–Crippen LogP) is 3.50. The number of phenolic OH excluding ortho intramolecular Hbond substituents is 1. The van der Waals surface area contributed by atoms with Crippen molar-refractivity contribution in [2.45, 2.75) is 20.4 Å². The molecule has 0 saturated carbocycles. The van der Waals surface area contributed by atoms with E-state index >= 15 is 0 Å². The van der Waals surface area contributed by atoms with Gasteiger partial charge in [0.2, 0.25) is 0 Å². The first-order chi connectivity index (χ1) is 9.63. The van der Waals surface area contributed by atoms with E-state index in [0.717, 1.165) is 39.8 Å². The molecule has 0 amide bonds. The van der Waals surface area contributed by atoms with Crippen molar-refractivity contribution in [1.82, 2.24) is 10.2 Å². The molecule has 3 N–H and O–H groups in total. The second kappa shape index (κ2) is 4.89. The van der Waals surface area contributed by atoms with Crippen LogP contribution in [0.1, 0.15) is 16.7 Å². The average Bonchev–Trinajstić information content (AvgIpc) is 2.89. The Balaban J connectivity index is 1.78. The number of aryl methyl sites for hydroxylation is 2. The zero-order valence-electron chi connectivity index (χ0n) is 11.6. The van der Waals surface area contributed by atoms with Crippen molar-refractivity contribution in [3.8, 4) is 5.75 Å². The Morgan fingerprint density at radius 1 is 1.15 bits per heavy atom. The van der Waals surface area contributed by atoms with E-state index in [1.807, 2.05) is 44.3 Å². The fourth-order valence-electron chi connectivity index (χ4n) is 2.40. The van der Waals surface area contributed by atoms with Crippen molar-refractivity contribution in [3.63, 3.8) is 0 Å². The molecule has 4 heteroatoms. The maximum Gasteiger partial charge on any atom is 0.121 e. The molecule has 0 radical (unpaired) electrons. The third kappa shape index (κ3) is 2.32. The van der Waals surface area contributed by atoms with Gasteiger partial charge in [-0.05, 0) is 48.7 Å². The van der Waals surface area contributed by atoms with Gasteiger partial charge in [0.15, 0.2) is 0 Å². The van der Waals surface area contributed by atoms with Crippen LogP contribution in [0.2, 0.25) is 0 Å². The van der Waals surface area contributed by atoms with Crippen molar-refractivity contribution >= 4 is 16.6 Å². The predicted molar refractivity (Wildman–Crippen MR) is 81.0 cm³/mol. The Hall–Kier alpha value is -2.49. The van der Waals surface area contributed by atoms with Gasteiger partial charge in [0.05, 0.1) is 11.7 Å². The maximum atomic E-state index is 9.78. The molecule has 0 fully saturated rings. The van der Waals surface area contributed by atoms with Crippen LogP contribution in [0.5, 0.6) is 5.75 Å². The van der Waals surface area contributed by atoms with Crippen LogP contribution < -0.4 is 5.32 Å². The van der Waals surface area contributed by atoms with Crippen molar-refractivity contribution in [3.05, 3.63) is 53.2 Å². The zero-order chi connectivity index (χ0) is 14.1. The van der Waals surface area contributed by atoms with Gasteiger partial charge in [0.1, 0.15) is 5.75 Å². The Morgan fingerprint density at radius 2 is 1.90 bits per heavy atom. The molecule has 3 rings (SSSR count). The standard InChI is InChI=1S/C16H17N3O/c1-10-5-12(6-11(2)16(10)20)8-17-14-3-4-15-13(7-14)9-18-19-15/h3-7,9,17,20H,8H2,1-2H3,(H,18,19). The fourth-order valence-corrected chi connectivity index (χ4v) is 2.40. The largest absolute Gasteiger partial charge is 0.507 e. The first kappa shape index (κ1) is 12.5. The molecule has 4 nitrogen and oxygen atoms in total. The lowest BCUT2D eigenvalue weighted by Gasteiger charge is -2.10. The van der Waals surface area contributed by atoms with Crippen molar-refractivity contribution in [2.75, 3.05) is 5.32 Å². The number of rotatable bonds is 3. The van der Waals surface area contributed by atoms with Crippen LogP contribution in [-0.4, -0.2) is 15.3 Å². The molecule has 1 heterocycles. The van der Waals surface area contributed by atoms with Crippen LogP contribution in [0.25, 0.3) is 10.9 Å². The van der Waals surface area contributed by atoms with Gasteiger partial charge in [-0.25, -0.2) is 0 Å². The van der Waals surface area contributed by atoms with Gasteiger partial charge >= 0.3 is 0 Å². The molecule has 0 unspecified atom stereocenters. The number of aromatic nitrogens is 2. The quantitative estimate of drug-likeness (QED) is 0.680. The average molecular weight is 267 g/mol. The maximum absolute atomic E-state index is 9.78. The van der Waals surface area contributed by atoms with E-state index in [4.69, 9.17) is 0 Å². The Bertz CT molecular complexity index is 738. The smallest absolute Gasteiger partial charge is 0.121 e. The molecule has 0 saturated heterocycles. The molecule has 102 valence electrons. The lowest BCUT2D eigenvalue weighted by Crippen LogP contribution is -2.00. The molecule has 0 aliphatic rings. The summed E-state index contributed by atoms with van der Waals surface area (Å²) in [6.07, 6.45) is 1.81. The molecule has 1 aromatic heterocycles. The number of hydrogen-bond donors (Lipinski definition) is 3. The van der Waals surface area contributed by atoms with Gasteiger partial charge in [0.25, 0.3) is 0 Å². The summed E-state index contributed by atoms with van der Waals surface area (Å²) >= 11 is 0. The van der Waals surface area contributed by atoms with Crippen LogP contribution in [0.3, 0.4) is 0 Å². The number of hydrogen-bond acceptors (Lipinski definition) is 3. The van der Waals surface area contributed by atoms with E-state index in [-0.39, 0.29) is 0 Å². The lowest BCUT2D eigenvalue weighted by atomic mass is 10.1. The molecule has 0 aliphatic heterocycles. The Kier molecular flexibility index (Phi) is 3.06. The summed E-state index contributed by atoms with van der Waals surface area (Å²) in [7, 11) is 0. The highest BCUT2D eigenvalue weighted by molar-refractivity contribution is 5.81. The highest BCUT2D eigenvalue weighted by Gasteiger charge is 2.04. The van der Waals surface area contributed by atoms with Crippen LogP contribution in [0, 0.1) is 13.8 Å². The molecule has 20 heavy (non-hydrogen) atoms. The topological polar surface area (TPSA) is 60.9 Å². The zero-order valence-corrected chi connectivity index (χ0v) is 11.6. The van der Waals surface area contributed by atoms with Crippen molar-refractivity contribution < 1.29 is 5.11 Å². The van der Waals surface area contributed by atoms with Crippen LogP contribution in [-0.2, 0) is 6.54 Å². The minimum absolute atomic E-state index is 0.383. The first-order valence-electron chi connectivity index (χ1n) is 6.59. The number of aromatic amines is 1. The number of aromatic hydroxyl groups is 1. The van der Waals surface area contributed by atoms with E-state index in [1.165, 1.54) is 0 Å². The monoisotopic (exact) mass is 267 g/mol. The molecule has 0 aliphatic carbocycles. The van der Waals surface area contributed by atoms with Crippen molar-refractivity contribution in [1.29, 1.82) is 0 Å². The summed E-state index contributed by atoms with van der Waals surface area (Å²) in [5.74, 6) is 0.383. The molecule has 2 aromatic carbocycles. The van der Waals surface area contributed by atoms with Gasteiger partial charge in [-0.2, -0.15) is 5.10 Å². The van der Waals surface area contributed by atoms with Gasteiger partial charge in [-0.15, -0.1) is 0 Å². The summed E-state index contributed by atoms with van der Waals surface area (Å²) in [5, 5.41) is 21.2. The summed E-state index contributed by atoms with van der Waals surface area (Å²) in [4.78, 5) is 0. The summed E-state index contributed by atoms with van der Waals surface area (Å²) in [6.45, 7) is 4.57. The fraction of sp³-hybridized carbons (Fsp3) is 0.188. The van der Waals surface area contributed by atoms with E-state index in [2.05, 4.69) is 21.6 Å². The molecular weight excluding hydrogens is 250 g/mol. The Morgan fingerprint density at radius 3 is 2.65 bits per heavy atom. The number of phenols is 1. The lowest BCUT2D eigenvalue weighted by molar-refractivity contribution is 0.466. The normalized spacial score (nSPS) is 10.9. The van der Waals surface area contributed by atoms with Gasteiger partial charge in [0, 0.05) is 17.6 Å². The number of nitrogens with zero attached hydrogens (tertiary/aromatic N) is 1. The van der Waals surface area contributed by atoms with Crippen LogP contribution >= 0.6 is 0 Å². The first-order valence-corrected chi connectivity index (χ1v) is 6.59. The van der Waals surface area contributed by atoms with Gasteiger partial charge in [-0.3, -0.25) is 5.10 Å². The second-order valence-corrected chi connectivity index (χ2v) is 5.10. The third-order valence-electron chi connectivity index (χ3n) is 3.49. The van der Waals surface area contributed by atoms with Gasteiger partial charge in [-0.1, -0.05) is 12.1 Å². The molecule has 0 spiro atoms. The highest BCUT2D eigenvalue weighted by atomic mass is 16.3. The van der Waals surface area contributed by atoms with Crippen LogP contribution in [0.15, 0.2) is 36.5 Å². The number of nitrogens with one attached hydrogen (secondary N) is 2. The SMILES string of the molecule is Cc1cc(CNc2ccc3[nH]ncc3c2)cc(C)c1O. The number of benzene rings is 2. The summed E-state index contributed by atoms with van der Waals surface area (Å²) in [6, 6.07) is 10.1. The third-order valence-corrected chi connectivity index (χ3v) is 3.49. The van der Waals surface area contributed by atoms with E-state index in [0.29, 0.717) is 5.75 Å². The molecule has 0 bridgehead atoms. The molecule has 3 aromatic rings. The number of H-pyrrole nitrogens is 1. The minimum atomic E-state index is 0.383. The van der Waals surface area contributed by atoms with Crippen LogP contribution in [0.4, 0.5) is 5.69 Å². The highest BCUT2D eigenvalue weighted by Crippen LogP contribution is 2.24.